The summed E-state index contributed by atoms with van der Waals surface area (Å²) in [4.78, 5) is 13.8. The summed E-state index contributed by atoms with van der Waals surface area (Å²) >= 11 is 1.41. The topological polar surface area (TPSA) is 64.7 Å². The monoisotopic (exact) mass is 228 g/mol. The van der Waals surface area contributed by atoms with E-state index in [-0.39, 0.29) is 0 Å². The van der Waals surface area contributed by atoms with Gasteiger partial charge in [0.2, 0.25) is 0 Å². The predicted octanol–water partition coefficient (Wildman–Crippen LogP) is 2.34. The van der Waals surface area contributed by atoms with Gasteiger partial charge in [-0.1, -0.05) is 23.5 Å². The molecule has 3 aromatic rings. The van der Waals surface area contributed by atoms with E-state index in [1.54, 1.807) is 12.4 Å². The number of aromatic nitrogens is 3. The van der Waals surface area contributed by atoms with Gasteiger partial charge in [0.15, 0.2) is 5.13 Å². The van der Waals surface area contributed by atoms with Gasteiger partial charge in [0, 0.05) is 6.20 Å². The Balaban J connectivity index is 2.18. The lowest BCUT2D eigenvalue weighted by Crippen LogP contribution is -1.85. The number of benzene rings is 1. The van der Waals surface area contributed by atoms with Gasteiger partial charge in [-0.15, -0.1) is 0 Å². The molecular formula is C11H8N4S. The Morgan fingerprint density at radius 1 is 1.00 bits per heavy atom. The number of nitrogen functional groups attached to an aromatic ring is 1. The average Bonchev–Trinajstić information content (AvgIpc) is 2.75. The van der Waals surface area contributed by atoms with Gasteiger partial charge in [-0.25, -0.2) is 9.97 Å². The van der Waals surface area contributed by atoms with Crippen molar-refractivity contribution in [3.05, 3.63) is 36.7 Å². The Morgan fingerprint density at radius 2 is 1.81 bits per heavy atom. The molecule has 0 amide bonds. The predicted molar refractivity (Wildman–Crippen MR) is 65.1 cm³/mol. The zero-order chi connectivity index (χ0) is 11.0. The molecule has 0 radical (unpaired) electrons. The summed E-state index contributed by atoms with van der Waals surface area (Å²) in [7, 11) is 0. The van der Waals surface area contributed by atoms with Crippen LogP contribution in [-0.4, -0.2) is 15.0 Å². The Labute approximate surface area is 95.8 Å². The van der Waals surface area contributed by atoms with E-state index in [0.29, 0.717) is 5.13 Å². The average molecular weight is 228 g/mol. The summed E-state index contributed by atoms with van der Waals surface area (Å²) in [5.41, 5.74) is 8.17. The first-order valence-electron chi connectivity index (χ1n) is 4.76. The minimum absolute atomic E-state index is 0.546. The summed E-state index contributed by atoms with van der Waals surface area (Å²) < 4.78 is 0. The fraction of sp³-hybridized carbons (Fsp3) is 0. The maximum Gasteiger partial charge on any atom is 0.180 e. The zero-order valence-electron chi connectivity index (χ0n) is 8.29. The first kappa shape index (κ1) is 9.23. The van der Waals surface area contributed by atoms with E-state index in [4.69, 9.17) is 5.73 Å². The van der Waals surface area contributed by atoms with Gasteiger partial charge in [-0.3, -0.25) is 4.98 Å². The second-order valence-corrected chi connectivity index (χ2v) is 4.37. The van der Waals surface area contributed by atoms with E-state index in [1.807, 2.05) is 24.3 Å². The van der Waals surface area contributed by atoms with Crippen LogP contribution in [0.15, 0.2) is 36.7 Å². The molecule has 2 N–H and O–H groups in total. The molecular weight excluding hydrogens is 220 g/mol. The third-order valence-corrected chi connectivity index (χ3v) is 3.07. The van der Waals surface area contributed by atoms with Crippen LogP contribution >= 0.6 is 11.3 Å². The van der Waals surface area contributed by atoms with Crippen LogP contribution < -0.4 is 5.73 Å². The fourth-order valence-corrected chi connectivity index (χ4v) is 2.12. The Bertz CT molecular complexity index is 647. The molecule has 0 aliphatic rings. The van der Waals surface area contributed by atoms with Crippen molar-refractivity contribution in [1.29, 1.82) is 0 Å². The van der Waals surface area contributed by atoms with Crippen molar-refractivity contribution < 1.29 is 0 Å². The standard InChI is InChI=1S/C11H8N4S/c12-11-14-6-10(16-11)9-5-13-7-3-1-2-4-8(7)15-9/h1-6H,(H2,12,14). The van der Waals surface area contributed by atoms with Crippen LogP contribution in [0.1, 0.15) is 0 Å². The second kappa shape index (κ2) is 3.53. The summed E-state index contributed by atoms with van der Waals surface area (Å²) in [6.07, 6.45) is 3.47. The molecule has 0 atom stereocenters. The van der Waals surface area contributed by atoms with Crippen LogP contribution in [0.25, 0.3) is 21.6 Å². The molecule has 1 aromatic carbocycles. The van der Waals surface area contributed by atoms with Gasteiger partial charge >= 0.3 is 0 Å². The highest BCUT2D eigenvalue weighted by Gasteiger charge is 2.05. The molecule has 4 nitrogen and oxygen atoms in total. The van der Waals surface area contributed by atoms with E-state index in [1.165, 1.54) is 11.3 Å². The van der Waals surface area contributed by atoms with Crippen LogP contribution in [-0.2, 0) is 0 Å². The van der Waals surface area contributed by atoms with Crippen molar-refractivity contribution >= 4 is 27.5 Å². The first-order chi connectivity index (χ1) is 7.83. The summed E-state index contributed by atoms with van der Waals surface area (Å²) in [6, 6.07) is 7.77. The van der Waals surface area contributed by atoms with Crippen molar-refractivity contribution in [2.75, 3.05) is 5.73 Å². The maximum absolute atomic E-state index is 5.59. The van der Waals surface area contributed by atoms with Crippen molar-refractivity contribution in [3.8, 4) is 10.6 Å². The van der Waals surface area contributed by atoms with Gasteiger partial charge in [-0.2, -0.15) is 0 Å². The van der Waals surface area contributed by atoms with E-state index in [9.17, 15) is 0 Å². The van der Waals surface area contributed by atoms with E-state index in [0.717, 1.165) is 21.6 Å². The highest BCUT2D eigenvalue weighted by molar-refractivity contribution is 7.18. The Hall–Kier alpha value is -2.01. The molecule has 0 aliphatic carbocycles. The summed E-state index contributed by atoms with van der Waals surface area (Å²) in [5, 5.41) is 0.546. The summed E-state index contributed by atoms with van der Waals surface area (Å²) in [5.74, 6) is 0. The van der Waals surface area contributed by atoms with Gasteiger partial charge in [0.05, 0.1) is 22.1 Å². The van der Waals surface area contributed by atoms with Crippen LogP contribution in [0.2, 0.25) is 0 Å². The van der Waals surface area contributed by atoms with Crippen LogP contribution in [0.5, 0.6) is 0 Å². The number of rotatable bonds is 1. The highest BCUT2D eigenvalue weighted by Crippen LogP contribution is 2.26. The second-order valence-electron chi connectivity index (χ2n) is 3.31. The summed E-state index contributed by atoms with van der Waals surface area (Å²) in [6.45, 7) is 0. The Kier molecular flexibility index (Phi) is 2.04. The van der Waals surface area contributed by atoms with Gasteiger partial charge < -0.3 is 5.73 Å². The molecule has 0 aliphatic heterocycles. The molecule has 16 heavy (non-hydrogen) atoms. The van der Waals surface area contributed by atoms with Crippen molar-refractivity contribution in [2.45, 2.75) is 0 Å². The molecule has 0 bridgehead atoms. The molecule has 2 aromatic heterocycles. The van der Waals surface area contributed by atoms with Crippen LogP contribution in [0.3, 0.4) is 0 Å². The third-order valence-electron chi connectivity index (χ3n) is 2.22. The smallest absolute Gasteiger partial charge is 0.180 e. The van der Waals surface area contributed by atoms with E-state index in [2.05, 4.69) is 15.0 Å². The number of nitrogens with two attached hydrogens (primary N) is 1. The van der Waals surface area contributed by atoms with Crippen LogP contribution in [0, 0.1) is 0 Å². The number of nitrogens with zero attached hydrogens (tertiary/aromatic N) is 3. The number of hydrogen-bond donors (Lipinski definition) is 1. The molecule has 0 saturated carbocycles. The lowest BCUT2D eigenvalue weighted by molar-refractivity contribution is 1.30. The lowest BCUT2D eigenvalue weighted by atomic mass is 10.3. The maximum atomic E-state index is 5.59. The largest absolute Gasteiger partial charge is 0.375 e. The molecule has 78 valence electrons. The highest BCUT2D eigenvalue weighted by atomic mass is 32.1. The molecule has 0 saturated heterocycles. The lowest BCUT2D eigenvalue weighted by Gasteiger charge is -1.98. The molecule has 0 fully saturated rings. The van der Waals surface area contributed by atoms with Gasteiger partial charge in [-0.05, 0) is 12.1 Å². The third kappa shape index (κ3) is 1.51. The number of fused-ring (bicyclic) bond motifs is 1. The number of hydrogen-bond acceptors (Lipinski definition) is 5. The number of anilines is 1. The van der Waals surface area contributed by atoms with Gasteiger partial charge in [0.1, 0.15) is 5.69 Å². The van der Waals surface area contributed by atoms with Crippen molar-refractivity contribution in [3.63, 3.8) is 0 Å². The normalized spacial score (nSPS) is 10.8. The molecule has 5 heteroatoms. The minimum Gasteiger partial charge on any atom is -0.375 e. The Morgan fingerprint density at radius 3 is 2.56 bits per heavy atom. The van der Waals surface area contributed by atoms with E-state index < -0.39 is 0 Å². The molecule has 0 spiro atoms. The van der Waals surface area contributed by atoms with Gasteiger partial charge in [0.25, 0.3) is 0 Å². The SMILES string of the molecule is Nc1ncc(-c2cnc3ccccc3n2)s1. The number of para-hydroxylation sites is 2. The van der Waals surface area contributed by atoms with E-state index >= 15 is 0 Å². The van der Waals surface area contributed by atoms with Crippen molar-refractivity contribution in [2.24, 2.45) is 0 Å². The fourth-order valence-electron chi connectivity index (χ4n) is 1.48. The molecule has 3 rings (SSSR count). The number of thiazole rings is 1. The van der Waals surface area contributed by atoms with Crippen molar-refractivity contribution in [1.82, 2.24) is 15.0 Å². The first-order valence-corrected chi connectivity index (χ1v) is 5.58. The molecule has 2 heterocycles. The minimum atomic E-state index is 0.546. The van der Waals surface area contributed by atoms with Crippen LogP contribution in [0.4, 0.5) is 5.13 Å². The quantitative estimate of drug-likeness (QED) is 0.694. The zero-order valence-corrected chi connectivity index (χ0v) is 9.11. The molecule has 0 unspecified atom stereocenters.